The number of rotatable bonds is 6. The van der Waals surface area contributed by atoms with Crippen LogP contribution < -0.4 is 5.32 Å². The van der Waals surface area contributed by atoms with Crippen molar-refractivity contribution >= 4 is 5.91 Å². The zero-order valence-corrected chi connectivity index (χ0v) is 16.4. The maximum atomic E-state index is 12.6. The van der Waals surface area contributed by atoms with E-state index in [9.17, 15) is 4.79 Å². The first-order chi connectivity index (χ1) is 13.1. The number of carbonyl (C=O) groups is 1. The molecule has 3 rings (SSSR count). The Bertz CT molecular complexity index is 707. The van der Waals surface area contributed by atoms with E-state index in [1.165, 1.54) is 31.2 Å². The van der Waals surface area contributed by atoms with Crippen LogP contribution in [0.25, 0.3) is 0 Å². The molecule has 2 heterocycles. The van der Waals surface area contributed by atoms with Crippen LogP contribution >= 0.6 is 0 Å². The van der Waals surface area contributed by atoms with Gasteiger partial charge in [0.05, 0.1) is 11.6 Å². The molecule has 1 N–H and O–H groups in total. The first kappa shape index (κ1) is 19.5. The van der Waals surface area contributed by atoms with Crippen molar-refractivity contribution in [1.82, 2.24) is 20.2 Å². The summed E-state index contributed by atoms with van der Waals surface area (Å²) in [4.78, 5) is 23.7. The molecule has 0 spiro atoms. The predicted octanol–water partition coefficient (Wildman–Crippen LogP) is 3.95. The van der Waals surface area contributed by atoms with Crippen LogP contribution in [0.15, 0.2) is 42.7 Å². The standard InChI is InChI=1S/C22H30N4O/c1-17(2)21-23-14-19(15-24-21)22(27)25-16-20(18-10-6-5-7-11-18)26-12-8-3-4-9-13-26/h5-7,10-11,14-15,17,20H,3-4,8-9,12-13,16H2,1-2H3,(H,25,27)/t20-/m1/s1. The maximum Gasteiger partial charge on any atom is 0.254 e. The van der Waals surface area contributed by atoms with Gasteiger partial charge in [0, 0.05) is 24.9 Å². The van der Waals surface area contributed by atoms with Crippen molar-refractivity contribution < 1.29 is 4.79 Å². The second kappa shape index (κ2) is 9.60. The van der Waals surface area contributed by atoms with Crippen molar-refractivity contribution in [3.63, 3.8) is 0 Å². The first-order valence-corrected chi connectivity index (χ1v) is 10.0. The van der Waals surface area contributed by atoms with E-state index in [1.54, 1.807) is 12.4 Å². The molecule has 0 bridgehead atoms. The van der Waals surface area contributed by atoms with Crippen LogP contribution in [-0.4, -0.2) is 40.4 Å². The van der Waals surface area contributed by atoms with E-state index >= 15 is 0 Å². The Balaban J connectivity index is 1.69. The fourth-order valence-corrected chi connectivity index (χ4v) is 3.58. The topological polar surface area (TPSA) is 58.1 Å². The molecule has 144 valence electrons. The van der Waals surface area contributed by atoms with E-state index in [0.29, 0.717) is 12.1 Å². The number of benzene rings is 1. The minimum Gasteiger partial charge on any atom is -0.350 e. The van der Waals surface area contributed by atoms with Gasteiger partial charge in [-0.15, -0.1) is 0 Å². The van der Waals surface area contributed by atoms with Crippen LogP contribution in [0.1, 0.15) is 73.2 Å². The zero-order valence-electron chi connectivity index (χ0n) is 16.4. The van der Waals surface area contributed by atoms with Gasteiger partial charge in [0.2, 0.25) is 0 Å². The van der Waals surface area contributed by atoms with Gasteiger partial charge in [0.25, 0.3) is 5.91 Å². The van der Waals surface area contributed by atoms with Gasteiger partial charge in [-0.1, -0.05) is 57.0 Å². The summed E-state index contributed by atoms with van der Waals surface area (Å²) < 4.78 is 0. The number of likely N-dealkylation sites (tertiary alicyclic amines) is 1. The quantitative estimate of drug-likeness (QED) is 0.841. The molecule has 1 fully saturated rings. The highest BCUT2D eigenvalue weighted by Gasteiger charge is 2.22. The van der Waals surface area contributed by atoms with Crippen molar-refractivity contribution in [2.45, 2.75) is 51.5 Å². The van der Waals surface area contributed by atoms with Gasteiger partial charge >= 0.3 is 0 Å². The SMILES string of the molecule is CC(C)c1ncc(C(=O)NC[C@H](c2ccccc2)N2CCCCCC2)cn1. The minimum absolute atomic E-state index is 0.110. The Kier molecular flexibility index (Phi) is 6.93. The number of nitrogens with zero attached hydrogens (tertiary/aromatic N) is 3. The number of carbonyl (C=O) groups excluding carboxylic acids is 1. The lowest BCUT2D eigenvalue weighted by atomic mass is 10.0. The van der Waals surface area contributed by atoms with E-state index < -0.39 is 0 Å². The van der Waals surface area contributed by atoms with Gasteiger partial charge < -0.3 is 5.32 Å². The molecule has 0 aliphatic carbocycles. The summed E-state index contributed by atoms with van der Waals surface area (Å²) in [7, 11) is 0. The molecule has 1 aromatic carbocycles. The van der Waals surface area contributed by atoms with Crippen molar-refractivity contribution in [1.29, 1.82) is 0 Å². The second-order valence-electron chi connectivity index (χ2n) is 7.57. The summed E-state index contributed by atoms with van der Waals surface area (Å²) in [6.07, 6.45) is 8.29. The highest BCUT2D eigenvalue weighted by atomic mass is 16.1. The van der Waals surface area contributed by atoms with Crippen LogP contribution in [0, 0.1) is 0 Å². The van der Waals surface area contributed by atoms with Crippen molar-refractivity contribution in [3.05, 3.63) is 59.7 Å². The lowest BCUT2D eigenvalue weighted by Crippen LogP contribution is -2.38. The largest absolute Gasteiger partial charge is 0.350 e. The fourth-order valence-electron chi connectivity index (χ4n) is 3.58. The number of aromatic nitrogens is 2. The van der Waals surface area contributed by atoms with E-state index in [-0.39, 0.29) is 17.9 Å². The van der Waals surface area contributed by atoms with Gasteiger partial charge in [-0.3, -0.25) is 9.69 Å². The molecule has 27 heavy (non-hydrogen) atoms. The summed E-state index contributed by atoms with van der Waals surface area (Å²) in [5.41, 5.74) is 1.77. The first-order valence-electron chi connectivity index (χ1n) is 10.0. The van der Waals surface area contributed by atoms with Crippen LogP contribution in [0.4, 0.5) is 0 Å². The molecular weight excluding hydrogens is 336 g/mol. The zero-order chi connectivity index (χ0) is 19.1. The van der Waals surface area contributed by atoms with Gasteiger partial charge in [0.15, 0.2) is 0 Å². The van der Waals surface area contributed by atoms with Gasteiger partial charge in [-0.05, 0) is 31.5 Å². The third kappa shape index (κ3) is 5.36. The second-order valence-corrected chi connectivity index (χ2v) is 7.57. The van der Waals surface area contributed by atoms with E-state index in [0.717, 1.165) is 18.9 Å². The monoisotopic (exact) mass is 366 g/mol. The van der Waals surface area contributed by atoms with E-state index in [2.05, 4.69) is 44.5 Å². The highest BCUT2D eigenvalue weighted by molar-refractivity contribution is 5.93. The van der Waals surface area contributed by atoms with Gasteiger partial charge in [-0.2, -0.15) is 0 Å². The molecular formula is C22H30N4O. The Morgan fingerprint density at radius 3 is 2.26 bits per heavy atom. The Hall–Kier alpha value is -2.27. The third-order valence-electron chi connectivity index (χ3n) is 5.17. The van der Waals surface area contributed by atoms with Gasteiger partial charge in [0.1, 0.15) is 5.82 Å². The molecule has 1 saturated heterocycles. The smallest absolute Gasteiger partial charge is 0.254 e. The van der Waals surface area contributed by atoms with Crippen molar-refractivity contribution in [2.75, 3.05) is 19.6 Å². The predicted molar refractivity (Wildman–Crippen MR) is 108 cm³/mol. The lowest BCUT2D eigenvalue weighted by molar-refractivity contribution is 0.0932. The number of amides is 1. The van der Waals surface area contributed by atoms with Crippen LogP contribution in [-0.2, 0) is 0 Å². The molecule has 0 radical (unpaired) electrons. The number of hydrogen-bond donors (Lipinski definition) is 1. The van der Waals surface area contributed by atoms with Crippen LogP contribution in [0.3, 0.4) is 0 Å². The highest BCUT2D eigenvalue weighted by Crippen LogP contribution is 2.23. The molecule has 1 atom stereocenters. The molecule has 5 heteroatoms. The summed E-state index contributed by atoms with van der Waals surface area (Å²) in [5, 5.41) is 3.10. The minimum atomic E-state index is -0.110. The van der Waals surface area contributed by atoms with E-state index in [4.69, 9.17) is 0 Å². The Morgan fingerprint density at radius 1 is 1.04 bits per heavy atom. The third-order valence-corrected chi connectivity index (χ3v) is 5.17. The summed E-state index contributed by atoms with van der Waals surface area (Å²) >= 11 is 0. The molecule has 1 aromatic heterocycles. The molecule has 1 amide bonds. The van der Waals surface area contributed by atoms with E-state index in [1.807, 2.05) is 19.9 Å². The molecule has 1 aliphatic heterocycles. The lowest BCUT2D eigenvalue weighted by Gasteiger charge is -2.31. The summed E-state index contributed by atoms with van der Waals surface area (Å²) in [6.45, 7) is 6.85. The maximum absolute atomic E-state index is 12.6. The number of nitrogens with one attached hydrogen (secondary N) is 1. The van der Waals surface area contributed by atoms with Crippen LogP contribution in [0.5, 0.6) is 0 Å². The Labute approximate surface area is 162 Å². The summed E-state index contributed by atoms with van der Waals surface area (Å²) in [5.74, 6) is 0.909. The number of hydrogen-bond acceptors (Lipinski definition) is 4. The molecule has 2 aromatic rings. The van der Waals surface area contributed by atoms with Crippen LogP contribution in [0.2, 0.25) is 0 Å². The fraction of sp³-hybridized carbons (Fsp3) is 0.500. The molecule has 1 aliphatic rings. The molecule has 5 nitrogen and oxygen atoms in total. The Morgan fingerprint density at radius 2 is 1.67 bits per heavy atom. The van der Waals surface area contributed by atoms with Crippen molar-refractivity contribution in [2.24, 2.45) is 0 Å². The normalized spacial score (nSPS) is 16.7. The molecule has 0 unspecified atom stereocenters. The average Bonchev–Trinajstić information content (AvgIpc) is 2.98. The average molecular weight is 367 g/mol. The van der Waals surface area contributed by atoms with Gasteiger partial charge in [-0.25, -0.2) is 9.97 Å². The summed E-state index contributed by atoms with van der Waals surface area (Å²) in [6, 6.07) is 10.7. The van der Waals surface area contributed by atoms with Crippen molar-refractivity contribution in [3.8, 4) is 0 Å². The molecule has 0 saturated carbocycles.